The first kappa shape index (κ1) is 7.85. The minimum absolute atomic E-state index is 0.421. The molecule has 0 N–H and O–H groups in total. The van der Waals surface area contributed by atoms with Crippen LogP contribution in [0.25, 0.3) is 11.6 Å². The summed E-state index contributed by atoms with van der Waals surface area (Å²) in [4.78, 5) is 4.12. The van der Waals surface area contributed by atoms with Crippen LogP contribution in [0.2, 0.25) is 0 Å². The average molecular weight is 176 g/mol. The van der Waals surface area contributed by atoms with Crippen LogP contribution in [-0.2, 0) is 6.42 Å². The molecule has 2 rings (SSSR count). The molecule has 2 aromatic heterocycles. The number of nitrogens with zero attached hydrogens (tertiary/aromatic N) is 4. The van der Waals surface area contributed by atoms with Gasteiger partial charge in [0.2, 0.25) is 0 Å². The molecule has 0 radical (unpaired) electrons. The Morgan fingerprint density at radius 1 is 1.46 bits per heavy atom. The lowest BCUT2D eigenvalue weighted by Crippen LogP contribution is -1.86. The molecule has 66 valence electrons. The zero-order chi connectivity index (χ0) is 9.10. The topological polar surface area (TPSA) is 64.7 Å². The van der Waals surface area contributed by atoms with Gasteiger partial charge in [-0.25, -0.2) is 0 Å². The van der Waals surface area contributed by atoms with Crippen LogP contribution in [0.5, 0.6) is 0 Å². The van der Waals surface area contributed by atoms with Crippen molar-refractivity contribution in [2.45, 2.75) is 13.3 Å². The molecule has 0 aliphatic heterocycles. The Labute approximate surface area is 74.8 Å². The molecule has 0 spiro atoms. The second kappa shape index (κ2) is 3.30. The molecule has 0 unspecified atom stereocenters. The maximum atomic E-state index is 4.98. The summed E-state index contributed by atoms with van der Waals surface area (Å²) in [7, 11) is 0. The van der Waals surface area contributed by atoms with Gasteiger partial charge in [-0.2, -0.15) is 10.1 Å². The number of hydrogen-bond donors (Lipinski definition) is 0. The maximum Gasteiger partial charge on any atom is 0.278 e. The van der Waals surface area contributed by atoms with E-state index < -0.39 is 0 Å². The van der Waals surface area contributed by atoms with Gasteiger partial charge in [0.1, 0.15) is 0 Å². The Morgan fingerprint density at radius 2 is 2.38 bits per heavy atom. The highest BCUT2D eigenvalue weighted by atomic mass is 16.5. The van der Waals surface area contributed by atoms with Gasteiger partial charge in [0, 0.05) is 12.6 Å². The number of hydrogen-bond acceptors (Lipinski definition) is 5. The van der Waals surface area contributed by atoms with E-state index in [0.29, 0.717) is 17.4 Å². The van der Waals surface area contributed by atoms with Crippen molar-refractivity contribution in [2.24, 2.45) is 0 Å². The lowest BCUT2D eigenvalue weighted by molar-refractivity contribution is 0.421. The summed E-state index contributed by atoms with van der Waals surface area (Å²) in [6, 6.07) is 3.55. The predicted octanol–water partition coefficient (Wildman–Crippen LogP) is 1.09. The van der Waals surface area contributed by atoms with Gasteiger partial charge in [-0.15, -0.1) is 5.10 Å². The van der Waals surface area contributed by atoms with Crippen molar-refractivity contribution in [1.82, 2.24) is 20.3 Å². The molecule has 0 fully saturated rings. The van der Waals surface area contributed by atoms with Crippen molar-refractivity contribution in [2.75, 3.05) is 0 Å². The molecule has 0 atom stereocenters. The number of aryl methyl sites for hydroxylation is 1. The summed E-state index contributed by atoms with van der Waals surface area (Å²) in [6.45, 7) is 1.96. The van der Waals surface area contributed by atoms with Crippen LogP contribution in [-0.4, -0.2) is 20.3 Å². The van der Waals surface area contributed by atoms with Gasteiger partial charge in [-0.1, -0.05) is 12.1 Å². The second-order valence-electron chi connectivity index (χ2n) is 2.48. The summed E-state index contributed by atoms with van der Waals surface area (Å²) < 4.78 is 4.98. The van der Waals surface area contributed by atoms with Crippen molar-refractivity contribution in [3.63, 3.8) is 0 Å². The fourth-order valence-electron chi connectivity index (χ4n) is 0.917. The highest BCUT2D eigenvalue weighted by molar-refractivity contribution is 5.44. The van der Waals surface area contributed by atoms with Gasteiger partial charge in [0.25, 0.3) is 5.89 Å². The van der Waals surface area contributed by atoms with Crippen LogP contribution in [0.15, 0.2) is 22.9 Å². The average Bonchev–Trinajstić information content (AvgIpc) is 2.67. The normalized spacial score (nSPS) is 10.2. The maximum absolute atomic E-state index is 4.98. The van der Waals surface area contributed by atoms with Crippen LogP contribution in [0.4, 0.5) is 0 Å². The van der Waals surface area contributed by atoms with Gasteiger partial charge >= 0.3 is 0 Å². The van der Waals surface area contributed by atoms with E-state index in [1.807, 2.05) is 6.92 Å². The Hall–Kier alpha value is -1.78. The standard InChI is InChI=1S/C8H8N4O/c1-2-7-10-8(13-12-7)6-4-3-5-9-11-6/h3-5H,2H2,1H3. The van der Waals surface area contributed by atoms with Gasteiger partial charge in [-0.05, 0) is 12.1 Å². The van der Waals surface area contributed by atoms with E-state index in [4.69, 9.17) is 4.52 Å². The molecule has 5 nitrogen and oxygen atoms in total. The molecule has 0 aromatic carbocycles. The number of rotatable bonds is 2. The van der Waals surface area contributed by atoms with Crippen molar-refractivity contribution in [3.8, 4) is 11.6 Å². The van der Waals surface area contributed by atoms with Crippen LogP contribution in [0.3, 0.4) is 0 Å². The molecule has 0 bridgehead atoms. The van der Waals surface area contributed by atoms with Crippen LogP contribution in [0.1, 0.15) is 12.7 Å². The van der Waals surface area contributed by atoms with Crippen LogP contribution >= 0.6 is 0 Å². The first-order chi connectivity index (χ1) is 6.40. The molecule has 0 saturated carbocycles. The third-order valence-corrected chi connectivity index (χ3v) is 1.58. The summed E-state index contributed by atoms with van der Waals surface area (Å²) >= 11 is 0. The van der Waals surface area contributed by atoms with Crippen molar-refractivity contribution < 1.29 is 4.52 Å². The largest absolute Gasteiger partial charge is 0.332 e. The van der Waals surface area contributed by atoms with E-state index in [1.165, 1.54) is 0 Å². The molecule has 5 heteroatoms. The fraction of sp³-hybridized carbons (Fsp3) is 0.250. The molecule has 0 aliphatic rings. The van der Waals surface area contributed by atoms with Gasteiger partial charge in [0.05, 0.1) is 0 Å². The zero-order valence-corrected chi connectivity index (χ0v) is 7.14. The first-order valence-corrected chi connectivity index (χ1v) is 4.01. The Balaban J connectivity index is 2.36. The molecular weight excluding hydrogens is 168 g/mol. The van der Waals surface area contributed by atoms with Crippen molar-refractivity contribution >= 4 is 0 Å². The van der Waals surface area contributed by atoms with E-state index in [2.05, 4.69) is 20.3 Å². The number of aromatic nitrogens is 4. The van der Waals surface area contributed by atoms with Crippen LogP contribution < -0.4 is 0 Å². The van der Waals surface area contributed by atoms with E-state index in [9.17, 15) is 0 Å². The minimum Gasteiger partial charge on any atom is -0.332 e. The summed E-state index contributed by atoms with van der Waals surface area (Å²) in [5, 5.41) is 11.3. The smallest absolute Gasteiger partial charge is 0.278 e. The lowest BCUT2D eigenvalue weighted by Gasteiger charge is -1.87. The Bertz CT molecular complexity index is 384. The molecule has 13 heavy (non-hydrogen) atoms. The molecule has 2 aromatic rings. The molecule has 0 saturated heterocycles. The highest BCUT2D eigenvalue weighted by Gasteiger charge is 2.07. The molecule has 0 amide bonds. The lowest BCUT2D eigenvalue weighted by atomic mass is 10.4. The fourth-order valence-corrected chi connectivity index (χ4v) is 0.917. The Kier molecular flexibility index (Phi) is 1.99. The van der Waals surface area contributed by atoms with Crippen molar-refractivity contribution in [1.29, 1.82) is 0 Å². The SMILES string of the molecule is CCc1noc(-c2cccnn2)n1. The minimum atomic E-state index is 0.421. The van der Waals surface area contributed by atoms with Gasteiger partial charge in [-0.3, -0.25) is 0 Å². The van der Waals surface area contributed by atoms with E-state index in [1.54, 1.807) is 18.3 Å². The van der Waals surface area contributed by atoms with E-state index in [0.717, 1.165) is 6.42 Å². The monoisotopic (exact) mass is 176 g/mol. The van der Waals surface area contributed by atoms with E-state index >= 15 is 0 Å². The Morgan fingerprint density at radius 3 is 3.00 bits per heavy atom. The predicted molar refractivity (Wildman–Crippen MR) is 44.7 cm³/mol. The third-order valence-electron chi connectivity index (χ3n) is 1.58. The molecular formula is C8H8N4O. The van der Waals surface area contributed by atoms with Crippen molar-refractivity contribution in [3.05, 3.63) is 24.2 Å². The third kappa shape index (κ3) is 1.53. The van der Waals surface area contributed by atoms with Crippen LogP contribution in [0, 0.1) is 0 Å². The summed E-state index contributed by atoms with van der Waals surface area (Å²) in [5.41, 5.74) is 0.606. The van der Waals surface area contributed by atoms with Gasteiger partial charge in [0.15, 0.2) is 11.5 Å². The highest BCUT2D eigenvalue weighted by Crippen LogP contribution is 2.12. The zero-order valence-electron chi connectivity index (χ0n) is 7.14. The first-order valence-electron chi connectivity index (χ1n) is 4.01. The molecule has 2 heterocycles. The van der Waals surface area contributed by atoms with Gasteiger partial charge < -0.3 is 4.52 Å². The van der Waals surface area contributed by atoms with E-state index in [-0.39, 0.29) is 0 Å². The summed E-state index contributed by atoms with van der Waals surface area (Å²) in [6.07, 6.45) is 2.35. The molecule has 0 aliphatic carbocycles. The summed E-state index contributed by atoms with van der Waals surface area (Å²) in [5.74, 6) is 1.10. The quantitative estimate of drug-likeness (QED) is 0.685. The second-order valence-corrected chi connectivity index (χ2v) is 2.48.